The van der Waals surface area contributed by atoms with E-state index in [1.165, 1.54) is 19.3 Å². The number of morpholine rings is 1. The molecule has 1 unspecified atom stereocenters. The lowest BCUT2D eigenvalue weighted by Crippen LogP contribution is -2.42. The molecule has 1 saturated carbocycles. The summed E-state index contributed by atoms with van der Waals surface area (Å²) in [4.78, 5) is 27.1. The zero-order valence-corrected chi connectivity index (χ0v) is 18.9. The number of amides is 1. The normalized spacial score (nSPS) is 19.7. The van der Waals surface area contributed by atoms with E-state index in [0.29, 0.717) is 12.6 Å². The summed E-state index contributed by atoms with van der Waals surface area (Å²) in [6, 6.07) is 8.49. The van der Waals surface area contributed by atoms with Gasteiger partial charge in [-0.05, 0) is 25.8 Å². The van der Waals surface area contributed by atoms with Gasteiger partial charge >= 0.3 is 0 Å². The number of para-hydroxylation sites is 1. The van der Waals surface area contributed by atoms with Crippen molar-refractivity contribution in [2.24, 2.45) is 0 Å². The van der Waals surface area contributed by atoms with Gasteiger partial charge in [0.2, 0.25) is 5.91 Å². The minimum absolute atomic E-state index is 0.175. The van der Waals surface area contributed by atoms with Crippen LogP contribution in [-0.2, 0) is 16.1 Å². The van der Waals surface area contributed by atoms with E-state index < -0.39 is 0 Å². The lowest BCUT2D eigenvalue weighted by molar-refractivity contribution is -0.131. The molecule has 0 N–H and O–H groups in total. The Kier molecular flexibility index (Phi) is 7.23. The van der Waals surface area contributed by atoms with Gasteiger partial charge in [0.15, 0.2) is 0 Å². The largest absolute Gasteiger partial charge is 0.379 e. The van der Waals surface area contributed by atoms with Crippen LogP contribution in [0, 0.1) is 0 Å². The van der Waals surface area contributed by atoms with Gasteiger partial charge in [-0.3, -0.25) is 9.69 Å². The molecule has 162 valence electrons. The Morgan fingerprint density at radius 2 is 1.93 bits per heavy atom. The number of aromatic nitrogens is 2. The van der Waals surface area contributed by atoms with E-state index in [2.05, 4.69) is 11.0 Å². The second kappa shape index (κ2) is 10.1. The third-order valence-electron chi connectivity index (χ3n) is 6.19. The predicted octanol–water partition coefficient (Wildman–Crippen LogP) is 3.73. The van der Waals surface area contributed by atoms with E-state index in [1.807, 2.05) is 37.1 Å². The highest BCUT2D eigenvalue weighted by Gasteiger charge is 2.27. The van der Waals surface area contributed by atoms with Crippen molar-refractivity contribution < 1.29 is 9.53 Å². The number of rotatable bonds is 6. The number of thioether (sulfide) groups is 1. The fourth-order valence-electron chi connectivity index (χ4n) is 4.37. The summed E-state index contributed by atoms with van der Waals surface area (Å²) in [7, 11) is 1.97. The lowest BCUT2D eigenvalue weighted by atomic mass is 9.94. The number of hydrogen-bond donors (Lipinski definition) is 0. The molecule has 1 aromatic heterocycles. The third-order valence-corrected chi connectivity index (χ3v) is 7.28. The Morgan fingerprint density at radius 1 is 1.20 bits per heavy atom. The van der Waals surface area contributed by atoms with Crippen LogP contribution in [0.2, 0.25) is 0 Å². The van der Waals surface area contributed by atoms with Crippen LogP contribution in [-0.4, -0.2) is 70.3 Å². The van der Waals surface area contributed by atoms with Gasteiger partial charge in [-0.1, -0.05) is 49.2 Å². The number of benzene rings is 1. The second-order valence-electron chi connectivity index (χ2n) is 8.35. The number of nitrogens with zero attached hydrogens (tertiary/aromatic N) is 4. The summed E-state index contributed by atoms with van der Waals surface area (Å²) in [6.45, 7) is 6.04. The molecule has 1 aliphatic carbocycles. The van der Waals surface area contributed by atoms with Gasteiger partial charge in [0.1, 0.15) is 10.9 Å². The summed E-state index contributed by atoms with van der Waals surface area (Å²) in [5.41, 5.74) is 0.943. The molecule has 2 aliphatic rings. The van der Waals surface area contributed by atoms with Gasteiger partial charge in [0, 0.05) is 31.6 Å². The molecule has 1 atom stereocenters. The van der Waals surface area contributed by atoms with Crippen LogP contribution in [0.3, 0.4) is 0 Å². The van der Waals surface area contributed by atoms with Crippen molar-refractivity contribution in [2.75, 3.05) is 33.4 Å². The number of carbonyl (C=O) groups is 1. The smallest absolute Gasteiger partial charge is 0.235 e. The quantitative estimate of drug-likeness (QED) is 0.516. The van der Waals surface area contributed by atoms with Crippen molar-refractivity contribution >= 4 is 28.6 Å². The highest BCUT2D eigenvalue weighted by atomic mass is 32.2. The van der Waals surface area contributed by atoms with E-state index in [0.717, 1.165) is 60.9 Å². The molecule has 7 heteroatoms. The number of hydrogen-bond acceptors (Lipinski definition) is 6. The van der Waals surface area contributed by atoms with Crippen molar-refractivity contribution in [3.63, 3.8) is 0 Å². The van der Waals surface area contributed by atoms with E-state index in [-0.39, 0.29) is 11.2 Å². The first-order valence-corrected chi connectivity index (χ1v) is 12.0. The van der Waals surface area contributed by atoms with Crippen molar-refractivity contribution in [1.82, 2.24) is 19.8 Å². The molecule has 0 bridgehead atoms. The molecule has 1 aliphatic heterocycles. The Bertz CT molecular complexity index is 865. The van der Waals surface area contributed by atoms with Crippen LogP contribution in [0.25, 0.3) is 10.9 Å². The molecule has 4 rings (SSSR count). The highest BCUT2D eigenvalue weighted by Crippen LogP contribution is 2.31. The van der Waals surface area contributed by atoms with Gasteiger partial charge in [-0.15, -0.1) is 0 Å². The zero-order valence-electron chi connectivity index (χ0n) is 18.0. The minimum Gasteiger partial charge on any atom is -0.379 e. The van der Waals surface area contributed by atoms with Crippen molar-refractivity contribution in [2.45, 2.75) is 61.9 Å². The molecule has 0 spiro atoms. The molecule has 30 heavy (non-hydrogen) atoms. The second-order valence-corrected chi connectivity index (χ2v) is 9.68. The topological polar surface area (TPSA) is 58.6 Å². The number of ether oxygens (including phenoxy) is 1. The summed E-state index contributed by atoms with van der Waals surface area (Å²) in [6.07, 6.45) is 6.00. The van der Waals surface area contributed by atoms with Gasteiger partial charge in [-0.25, -0.2) is 9.97 Å². The standard InChI is InChI=1S/C23H32N4O2S/c1-17(23(28)26(2)18-8-4-3-5-9-18)30-22-19-10-6-7-11-20(19)24-21(25-22)16-27-12-14-29-15-13-27/h6-7,10-11,17-18H,3-5,8-9,12-16H2,1-2H3. The Morgan fingerprint density at radius 3 is 2.70 bits per heavy atom. The predicted molar refractivity (Wildman–Crippen MR) is 121 cm³/mol. The molecule has 2 fully saturated rings. The molecule has 1 amide bonds. The van der Waals surface area contributed by atoms with E-state index in [9.17, 15) is 4.79 Å². The van der Waals surface area contributed by atoms with Crippen LogP contribution in [0.5, 0.6) is 0 Å². The first-order valence-electron chi connectivity index (χ1n) is 11.1. The summed E-state index contributed by atoms with van der Waals surface area (Å²) >= 11 is 1.56. The summed E-state index contributed by atoms with van der Waals surface area (Å²) in [5, 5.41) is 1.75. The van der Waals surface area contributed by atoms with Gasteiger partial charge < -0.3 is 9.64 Å². The number of fused-ring (bicyclic) bond motifs is 1. The molecule has 2 aromatic rings. The van der Waals surface area contributed by atoms with Crippen LogP contribution in [0.4, 0.5) is 0 Å². The summed E-state index contributed by atoms with van der Waals surface area (Å²) in [5.74, 6) is 1.02. The minimum atomic E-state index is -0.175. The number of carbonyl (C=O) groups excluding carboxylic acids is 1. The fourth-order valence-corrected chi connectivity index (χ4v) is 5.43. The SMILES string of the molecule is CC(Sc1nc(CN2CCOCC2)nc2ccccc12)C(=O)N(C)C1CCCCC1. The van der Waals surface area contributed by atoms with Crippen molar-refractivity contribution in [3.8, 4) is 0 Å². The van der Waals surface area contributed by atoms with Gasteiger partial charge in [-0.2, -0.15) is 0 Å². The molecule has 0 radical (unpaired) electrons. The van der Waals surface area contributed by atoms with Crippen LogP contribution < -0.4 is 0 Å². The van der Waals surface area contributed by atoms with Crippen LogP contribution in [0.15, 0.2) is 29.3 Å². The van der Waals surface area contributed by atoms with E-state index in [1.54, 1.807) is 11.8 Å². The maximum atomic E-state index is 13.1. The van der Waals surface area contributed by atoms with Crippen LogP contribution >= 0.6 is 11.8 Å². The first kappa shape index (κ1) is 21.5. The Balaban J connectivity index is 1.52. The molecule has 6 nitrogen and oxygen atoms in total. The van der Waals surface area contributed by atoms with Gasteiger partial charge in [0.25, 0.3) is 0 Å². The third kappa shape index (κ3) is 5.13. The van der Waals surface area contributed by atoms with E-state index in [4.69, 9.17) is 14.7 Å². The van der Waals surface area contributed by atoms with Gasteiger partial charge in [0.05, 0.1) is 30.5 Å². The van der Waals surface area contributed by atoms with Crippen LogP contribution in [0.1, 0.15) is 44.9 Å². The van der Waals surface area contributed by atoms with Crippen molar-refractivity contribution in [1.29, 1.82) is 0 Å². The first-order chi connectivity index (χ1) is 14.6. The Labute approximate surface area is 183 Å². The molecular weight excluding hydrogens is 396 g/mol. The average Bonchev–Trinajstić information content (AvgIpc) is 2.79. The molecular formula is C23H32N4O2S. The zero-order chi connectivity index (χ0) is 20.9. The lowest BCUT2D eigenvalue weighted by Gasteiger charge is -2.32. The average molecular weight is 429 g/mol. The fraction of sp³-hybridized carbons (Fsp3) is 0.609. The Hall–Kier alpha value is -1.70. The maximum absolute atomic E-state index is 13.1. The molecule has 1 saturated heterocycles. The maximum Gasteiger partial charge on any atom is 0.235 e. The van der Waals surface area contributed by atoms with E-state index >= 15 is 0 Å². The van der Waals surface area contributed by atoms with Crippen molar-refractivity contribution in [3.05, 3.63) is 30.1 Å². The monoisotopic (exact) mass is 428 g/mol. The summed E-state index contributed by atoms with van der Waals surface area (Å²) < 4.78 is 5.45. The highest BCUT2D eigenvalue weighted by molar-refractivity contribution is 8.00. The molecule has 1 aromatic carbocycles. The molecule has 2 heterocycles.